The fraction of sp³-hybridized carbons (Fsp3) is 1.00. The lowest BCUT2D eigenvalue weighted by atomic mass is 10.0. The Kier molecular flexibility index (Phi) is 60.1. The summed E-state index contributed by atoms with van der Waals surface area (Å²) < 4.78 is 66.8. The molecule has 0 fully saturated rings. The van der Waals surface area contributed by atoms with Gasteiger partial charge in [0.25, 0.3) is 0 Å². The van der Waals surface area contributed by atoms with Gasteiger partial charge in [-0.05, 0) is 12.8 Å². The van der Waals surface area contributed by atoms with Crippen molar-refractivity contribution < 1.29 is 56.8 Å². The van der Waals surface area contributed by atoms with E-state index < -0.39 is 0 Å². The van der Waals surface area contributed by atoms with Crippen LogP contribution in [0.3, 0.4) is 0 Å². The van der Waals surface area contributed by atoms with E-state index in [1.165, 1.54) is 141 Å². The van der Waals surface area contributed by atoms with E-state index in [1.54, 1.807) is 0 Å². The molecule has 0 aliphatic heterocycles. The van der Waals surface area contributed by atoms with Crippen LogP contribution in [0.25, 0.3) is 0 Å². The van der Waals surface area contributed by atoms with Gasteiger partial charge < -0.3 is 56.8 Å². The smallest absolute Gasteiger partial charge is 0.0701 e. The largest absolute Gasteiger partial charge is 0.379 e. The molecule has 0 atom stereocenters. The summed E-state index contributed by atoms with van der Waals surface area (Å²) in [6.07, 6.45) is 32.7. The first-order chi connectivity index (χ1) is 30.9. The second-order valence-corrected chi connectivity index (χ2v) is 16.1. The van der Waals surface area contributed by atoms with Crippen LogP contribution >= 0.6 is 0 Å². The molecule has 12 heteroatoms. The Morgan fingerprint density at radius 3 is 0.387 bits per heavy atom. The Labute approximate surface area is 382 Å². The topological polar surface area (TPSA) is 111 Å². The molecule has 0 saturated carbocycles. The van der Waals surface area contributed by atoms with Crippen LogP contribution in [0, 0.1) is 0 Å². The van der Waals surface area contributed by atoms with E-state index in [2.05, 4.69) is 13.8 Å². The summed E-state index contributed by atoms with van der Waals surface area (Å²) in [4.78, 5) is 0. The third-order valence-corrected chi connectivity index (χ3v) is 10.4. The minimum absolute atomic E-state index is 0.523. The summed E-state index contributed by atoms with van der Waals surface area (Å²) >= 11 is 0. The van der Waals surface area contributed by atoms with Crippen LogP contribution in [0.1, 0.15) is 168 Å². The van der Waals surface area contributed by atoms with Gasteiger partial charge >= 0.3 is 0 Å². The summed E-state index contributed by atoms with van der Waals surface area (Å²) in [5.74, 6) is 0. The molecule has 0 aliphatic rings. The molecule has 0 bridgehead atoms. The molecule has 0 amide bonds. The van der Waals surface area contributed by atoms with Crippen molar-refractivity contribution in [2.75, 3.05) is 159 Å². The summed E-state index contributed by atoms with van der Waals surface area (Å²) in [7, 11) is 0. The molecular formula is C50H102O12. The normalized spacial score (nSPS) is 11.7. The van der Waals surface area contributed by atoms with Crippen molar-refractivity contribution in [2.24, 2.45) is 0 Å². The van der Waals surface area contributed by atoms with Crippen molar-refractivity contribution in [1.29, 1.82) is 0 Å². The van der Waals surface area contributed by atoms with E-state index >= 15 is 0 Å². The molecule has 0 aromatic rings. The van der Waals surface area contributed by atoms with Gasteiger partial charge in [-0.1, -0.05) is 155 Å². The van der Waals surface area contributed by atoms with Gasteiger partial charge in [0.1, 0.15) is 0 Å². The molecule has 374 valence electrons. The first kappa shape index (κ1) is 61.5. The van der Waals surface area contributed by atoms with E-state index in [0.717, 1.165) is 26.1 Å². The van der Waals surface area contributed by atoms with Crippen molar-refractivity contribution in [3.63, 3.8) is 0 Å². The summed E-state index contributed by atoms with van der Waals surface area (Å²) in [5.41, 5.74) is 0. The molecule has 0 aromatic carbocycles. The molecule has 0 heterocycles. The summed E-state index contributed by atoms with van der Waals surface area (Å²) in [6, 6.07) is 0. The lowest BCUT2D eigenvalue weighted by Crippen LogP contribution is -2.15. The average molecular weight is 895 g/mol. The van der Waals surface area contributed by atoms with Gasteiger partial charge in [0.2, 0.25) is 0 Å². The molecule has 0 spiro atoms. The first-order valence-electron chi connectivity index (χ1n) is 25.8. The molecule has 0 radical (unpaired) electrons. The van der Waals surface area contributed by atoms with E-state index in [0.29, 0.717) is 145 Å². The zero-order valence-corrected chi connectivity index (χ0v) is 40.8. The molecule has 12 nitrogen and oxygen atoms in total. The number of ether oxygens (including phenoxy) is 12. The van der Waals surface area contributed by atoms with Crippen LogP contribution in [0.4, 0.5) is 0 Å². The van der Waals surface area contributed by atoms with Crippen LogP contribution in [-0.4, -0.2) is 159 Å². The van der Waals surface area contributed by atoms with Gasteiger partial charge in [-0.3, -0.25) is 0 Å². The molecule has 0 saturated heterocycles. The molecule has 0 unspecified atom stereocenters. The maximum absolute atomic E-state index is 5.70. The van der Waals surface area contributed by atoms with Crippen molar-refractivity contribution in [2.45, 2.75) is 168 Å². The highest BCUT2D eigenvalue weighted by Gasteiger charge is 1.99. The van der Waals surface area contributed by atoms with Crippen molar-refractivity contribution in [3.05, 3.63) is 0 Å². The van der Waals surface area contributed by atoms with Crippen molar-refractivity contribution >= 4 is 0 Å². The third-order valence-electron chi connectivity index (χ3n) is 10.4. The highest BCUT2D eigenvalue weighted by molar-refractivity contribution is 4.50. The molecular weight excluding hydrogens is 793 g/mol. The first-order valence-corrected chi connectivity index (χ1v) is 25.8. The monoisotopic (exact) mass is 895 g/mol. The minimum Gasteiger partial charge on any atom is -0.379 e. The second kappa shape index (κ2) is 60.5. The van der Waals surface area contributed by atoms with Crippen molar-refractivity contribution in [1.82, 2.24) is 0 Å². The minimum atomic E-state index is 0.523. The Morgan fingerprint density at radius 2 is 0.242 bits per heavy atom. The fourth-order valence-corrected chi connectivity index (χ4v) is 6.61. The summed E-state index contributed by atoms with van der Waals surface area (Å²) in [5, 5.41) is 0. The van der Waals surface area contributed by atoms with E-state index in [1.807, 2.05) is 0 Å². The van der Waals surface area contributed by atoms with Gasteiger partial charge in [-0.15, -0.1) is 0 Å². The lowest BCUT2D eigenvalue weighted by molar-refractivity contribution is -0.0284. The van der Waals surface area contributed by atoms with Crippen LogP contribution < -0.4 is 0 Å². The Balaban J connectivity index is 3.06. The van der Waals surface area contributed by atoms with Gasteiger partial charge in [-0.2, -0.15) is 0 Å². The van der Waals surface area contributed by atoms with E-state index in [9.17, 15) is 0 Å². The fourth-order valence-electron chi connectivity index (χ4n) is 6.61. The van der Waals surface area contributed by atoms with Crippen LogP contribution in [-0.2, 0) is 56.8 Å². The van der Waals surface area contributed by atoms with Crippen molar-refractivity contribution in [3.8, 4) is 0 Å². The Bertz CT molecular complexity index is 693. The SMILES string of the molecule is CCCCCCCCCCCCCCCCOCCOCCOCCOCCOCCOCCOCCOCCOCCOCCOCCOCCCCCCCCCCCC. The van der Waals surface area contributed by atoms with E-state index in [4.69, 9.17) is 56.8 Å². The summed E-state index contributed by atoms with van der Waals surface area (Å²) in [6.45, 7) is 18.5. The van der Waals surface area contributed by atoms with Gasteiger partial charge in [-0.25, -0.2) is 0 Å². The number of hydrogen-bond donors (Lipinski definition) is 0. The van der Waals surface area contributed by atoms with Crippen LogP contribution in [0.5, 0.6) is 0 Å². The molecule has 0 rings (SSSR count). The molecule has 62 heavy (non-hydrogen) atoms. The predicted octanol–water partition coefficient (Wildman–Crippen LogP) is 10.6. The zero-order valence-electron chi connectivity index (χ0n) is 40.8. The van der Waals surface area contributed by atoms with Crippen LogP contribution in [0.15, 0.2) is 0 Å². The average Bonchev–Trinajstić information content (AvgIpc) is 3.28. The van der Waals surface area contributed by atoms with E-state index in [-0.39, 0.29) is 0 Å². The van der Waals surface area contributed by atoms with Gasteiger partial charge in [0.15, 0.2) is 0 Å². The molecule has 0 aromatic heterocycles. The standard InChI is InChI=1S/C50H102O12/c1-3-5-7-9-11-13-15-16-17-18-20-22-24-26-28-52-30-32-54-34-36-56-38-40-58-42-44-60-46-48-62-50-49-61-47-45-59-43-41-57-39-37-55-35-33-53-31-29-51-27-25-23-21-19-14-12-10-8-6-4-2/h3-50H2,1-2H3. The third kappa shape index (κ3) is 59.5. The van der Waals surface area contributed by atoms with Gasteiger partial charge in [0, 0.05) is 13.2 Å². The molecule has 0 N–H and O–H groups in total. The molecule has 0 aliphatic carbocycles. The number of unbranched alkanes of at least 4 members (excludes halogenated alkanes) is 22. The second-order valence-electron chi connectivity index (χ2n) is 16.1. The zero-order chi connectivity index (χ0) is 44.4. The maximum atomic E-state index is 5.70. The Hall–Kier alpha value is -0.480. The highest BCUT2D eigenvalue weighted by Crippen LogP contribution is 2.13. The highest BCUT2D eigenvalue weighted by atomic mass is 16.6. The van der Waals surface area contributed by atoms with Crippen LogP contribution in [0.2, 0.25) is 0 Å². The maximum Gasteiger partial charge on any atom is 0.0701 e. The predicted molar refractivity (Wildman–Crippen MR) is 252 cm³/mol. The Morgan fingerprint density at radius 1 is 0.129 bits per heavy atom. The van der Waals surface area contributed by atoms with Gasteiger partial charge in [0.05, 0.1) is 145 Å². The lowest BCUT2D eigenvalue weighted by Gasteiger charge is -2.09. The number of hydrogen-bond acceptors (Lipinski definition) is 12. The number of rotatable bonds is 59. The quantitative estimate of drug-likeness (QED) is 0.0542.